The number of hydrogen-bond acceptors (Lipinski definition) is 3. The molecule has 0 spiro atoms. The molecule has 0 aromatic carbocycles. The Balaban J connectivity index is -0.000000170. The third kappa shape index (κ3) is 36.4. The molecule has 22 heavy (non-hydrogen) atoms. The van der Waals surface area contributed by atoms with Gasteiger partial charge in [0.1, 0.15) is 0 Å². The van der Waals surface area contributed by atoms with Gasteiger partial charge in [0, 0.05) is 18.2 Å². The van der Waals surface area contributed by atoms with Crippen LogP contribution in [-0.2, 0) is 9.59 Å². The molecule has 0 aliphatic heterocycles. The minimum atomic E-state index is -0.451. The fraction of sp³-hybridized carbons (Fsp3) is 0.778. The average Bonchev–Trinajstić information content (AvgIpc) is 2.40. The summed E-state index contributed by atoms with van der Waals surface area (Å²) in [4.78, 5) is 21.7. The Morgan fingerprint density at radius 2 is 1.41 bits per heavy atom. The van der Waals surface area contributed by atoms with Crippen molar-refractivity contribution in [3.8, 4) is 0 Å². The molecule has 4 heteroatoms. The van der Waals surface area contributed by atoms with Gasteiger partial charge >= 0.3 is 0 Å². The molecule has 0 radical (unpaired) electrons. The number of rotatable bonds is 5. The van der Waals surface area contributed by atoms with E-state index < -0.39 is 5.54 Å². The van der Waals surface area contributed by atoms with Crippen LogP contribution < -0.4 is 5.32 Å². The maximum Gasteiger partial charge on any atom is 0.244 e. The summed E-state index contributed by atoms with van der Waals surface area (Å²) in [5, 5.41) is 11.4. The van der Waals surface area contributed by atoms with Gasteiger partial charge in [-0.25, -0.2) is 0 Å². The molecule has 1 amide bonds. The second-order valence-electron chi connectivity index (χ2n) is 5.52. The first-order valence-corrected chi connectivity index (χ1v) is 8.22. The number of carbonyl (C=O) groups is 2. The highest BCUT2D eigenvalue weighted by atomic mass is 16.3. The van der Waals surface area contributed by atoms with E-state index in [1.165, 1.54) is 19.1 Å². The minimum Gasteiger partial charge on any atom is -0.396 e. The van der Waals surface area contributed by atoms with Crippen molar-refractivity contribution in [2.45, 2.75) is 81.2 Å². The van der Waals surface area contributed by atoms with Crippen LogP contribution >= 0.6 is 0 Å². The third-order valence-electron chi connectivity index (χ3n) is 1.67. The summed E-state index contributed by atoms with van der Waals surface area (Å²) in [6.45, 7) is 19.5. The number of amides is 1. The molecule has 0 unspecified atom stereocenters. The number of ketones is 1. The van der Waals surface area contributed by atoms with Crippen LogP contribution in [0.15, 0.2) is 12.2 Å². The van der Waals surface area contributed by atoms with Crippen molar-refractivity contribution in [3.05, 3.63) is 12.2 Å². The largest absolute Gasteiger partial charge is 0.396 e. The van der Waals surface area contributed by atoms with Crippen LogP contribution in [0, 0.1) is 5.92 Å². The van der Waals surface area contributed by atoms with Crippen LogP contribution in [0.25, 0.3) is 0 Å². The molecule has 0 fully saturated rings. The van der Waals surface area contributed by atoms with Gasteiger partial charge in [0.05, 0.1) is 0 Å². The Morgan fingerprint density at radius 3 is 1.68 bits per heavy atom. The Morgan fingerprint density at radius 1 is 1.05 bits per heavy atom. The second-order valence-corrected chi connectivity index (χ2v) is 5.52. The number of allylic oxidation sites excluding steroid dienone is 1. The fourth-order valence-electron chi connectivity index (χ4n) is 0.910. The number of aliphatic hydroxyl groups is 1. The van der Waals surface area contributed by atoms with Crippen molar-refractivity contribution < 1.29 is 14.7 Å². The molecule has 134 valence electrons. The molecule has 0 aliphatic carbocycles. The first-order chi connectivity index (χ1) is 10.1. The number of nitrogens with one attached hydrogen (secondary N) is 1. The van der Waals surface area contributed by atoms with Gasteiger partial charge in [0.2, 0.25) is 5.91 Å². The fourth-order valence-corrected chi connectivity index (χ4v) is 0.910. The van der Waals surface area contributed by atoms with Crippen molar-refractivity contribution in [2.24, 2.45) is 5.92 Å². The molecular weight excluding hydrogens is 278 g/mol. The molecule has 0 heterocycles. The second kappa shape index (κ2) is 19.8. The molecule has 0 rings (SSSR count). The zero-order valence-corrected chi connectivity index (χ0v) is 16.4. The summed E-state index contributed by atoms with van der Waals surface area (Å²) in [6.07, 6.45) is 2.89. The first-order valence-electron chi connectivity index (χ1n) is 8.22. The van der Waals surface area contributed by atoms with Gasteiger partial charge in [-0.15, -0.1) is 0 Å². The SMILES string of the molecule is CC.CC.CC(=O)/C=C\C(=O)NC(C)(C)CCO.CC(C)C. The lowest BCUT2D eigenvalue weighted by Gasteiger charge is -2.24. The Labute approximate surface area is 138 Å². The lowest BCUT2D eigenvalue weighted by atomic mass is 10.0. The highest BCUT2D eigenvalue weighted by molar-refractivity contribution is 5.96. The van der Waals surface area contributed by atoms with E-state index in [2.05, 4.69) is 26.1 Å². The molecule has 4 nitrogen and oxygen atoms in total. The van der Waals surface area contributed by atoms with Crippen LogP contribution in [0.1, 0.15) is 75.7 Å². The Kier molecular flexibility index (Phi) is 26.1. The standard InChI is InChI=1S/C10H17NO3.C4H10.2C2H6/c1-8(13)4-5-9(14)11-10(2,3)6-7-12;1-4(2)3;2*1-2/h4-5,12H,6-7H2,1-3H3,(H,11,14);4H,1-3H3;2*1-2H3/b5-4-;;;. The Hall–Kier alpha value is -1.16. The van der Waals surface area contributed by atoms with E-state index in [9.17, 15) is 9.59 Å². The van der Waals surface area contributed by atoms with Crippen molar-refractivity contribution in [1.82, 2.24) is 5.32 Å². The predicted molar refractivity (Wildman–Crippen MR) is 97.0 cm³/mol. The summed E-state index contributed by atoms with van der Waals surface area (Å²) in [5.74, 6) is 0.346. The van der Waals surface area contributed by atoms with Crippen molar-refractivity contribution in [1.29, 1.82) is 0 Å². The van der Waals surface area contributed by atoms with Crippen molar-refractivity contribution in [2.75, 3.05) is 6.61 Å². The summed E-state index contributed by atoms with van der Waals surface area (Å²) < 4.78 is 0. The van der Waals surface area contributed by atoms with Gasteiger partial charge < -0.3 is 10.4 Å². The van der Waals surface area contributed by atoms with E-state index in [0.29, 0.717) is 6.42 Å². The van der Waals surface area contributed by atoms with Gasteiger partial charge in [0.15, 0.2) is 5.78 Å². The van der Waals surface area contributed by atoms with E-state index >= 15 is 0 Å². The maximum atomic E-state index is 11.2. The predicted octanol–water partition coefficient (Wildman–Crippen LogP) is 4.12. The van der Waals surface area contributed by atoms with E-state index in [1.807, 2.05) is 41.5 Å². The van der Waals surface area contributed by atoms with E-state index in [1.54, 1.807) is 0 Å². The normalized spacial score (nSPS) is 9.64. The number of hydrogen-bond donors (Lipinski definition) is 2. The van der Waals surface area contributed by atoms with Crippen molar-refractivity contribution >= 4 is 11.7 Å². The molecule has 0 saturated carbocycles. The molecular formula is C18H39NO3. The highest BCUT2D eigenvalue weighted by Gasteiger charge is 2.17. The summed E-state index contributed by atoms with van der Waals surface area (Å²) >= 11 is 0. The number of aliphatic hydroxyl groups excluding tert-OH is 1. The maximum absolute atomic E-state index is 11.2. The molecule has 0 atom stereocenters. The summed E-state index contributed by atoms with van der Waals surface area (Å²) in [5.41, 5.74) is -0.451. The van der Waals surface area contributed by atoms with Crippen molar-refractivity contribution in [3.63, 3.8) is 0 Å². The lowest BCUT2D eigenvalue weighted by molar-refractivity contribution is -0.118. The molecule has 0 bridgehead atoms. The van der Waals surface area contributed by atoms with Gasteiger partial charge in [-0.1, -0.05) is 48.5 Å². The summed E-state index contributed by atoms with van der Waals surface area (Å²) in [6, 6.07) is 0. The first kappa shape index (κ1) is 28.9. The van der Waals surface area contributed by atoms with Crippen LogP contribution in [-0.4, -0.2) is 28.9 Å². The molecule has 0 saturated heterocycles. The molecule has 0 aliphatic rings. The van der Waals surface area contributed by atoms with E-state index in [4.69, 9.17) is 5.11 Å². The van der Waals surface area contributed by atoms with Gasteiger partial charge in [-0.3, -0.25) is 9.59 Å². The monoisotopic (exact) mass is 317 g/mol. The van der Waals surface area contributed by atoms with E-state index in [0.717, 1.165) is 5.92 Å². The smallest absolute Gasteiger partial charge is 0.244 e. The molecule has 0 aromatic rings. The minimum absolute atomic E-state index is 0.0176. The summed E-state index contributed by atoms with van der Waals surface area (Å²) in [7, 11) is 0. The zero-order chi connectivity index (χ0) is 18.8. The zero-order valence-electron chi connectivity index (χ0n) is 16.4. The highest BCUT2D eigenvalue weighted by Crippen LogP contribution is 2.06. The van der Waals surface area contributed by atoms with Crippen LogP contribution in [0.3, 0.4) is 0 Å². The topological polar surface area (TPSA) is 66.4 Å². The van der Waals surface area contributed by atoms with Gasteiger partial charge in [-0.05, 0) is 39.2 Å². The van der Waals surface area contributed by atoms with Gasteiger partial charge in [0.25, 0.3) is 0 Å². The lowest BCUT2D eigenvalue weighted by Crippen LogP contribution is -2.43. The molecule has 0 aromatic heterocycles. The third-order valence-corrected chi connectivity index (χ3v) is 1.67. The Bertz CT molecular complexity index is 279. The van der Waals surface area contributed by atoms with E-state index in [-0.39, 0.29) is 18.3 Å². The van der Waals surface area contributed by atoms with Crippen LogP contribution in [0.5, 0.6) is 0 Å². The van der Waals surface area contributed by atoms with Crippen LogP contribution in [0.4, 0.5) is 0 Å². The van der Waals surface area contributed by atoms with Crippen LogP contribution in [0.2, 0.25) is 0 Å². The number of carbonyl (C=O) groups excluding carboxylic acids is 2. The molecule has 2 N–H and O–H groups in total. The quantitative estimate of drug-likeness (QED) is 0.749. The average molecular weight is 318 g/mol. The van der Waals surface area contributed by atoms with Gasteiger partial charge in [-0.2, -0.15) is 0 Å².